The third-order valence-corrected chi connectivity index (χ3v) is 6.79. The summed E-state index contributed by atoms with van der Waals surface area (Å²) in [6.45, 7) is 0.500. The SMILES string of the molecule is NC(=O)CSc1nnc(SCC(=O)N(Cc2ccccc2)c2ccccc2)s1. The fraction of sp³-hybridized carbons (Fsp3) is 0.158. The number of carbonyl (C=O) groups excluding carboxylic acids is 2. The highest BCUT2D eigenvalue weighted by atomic mass is 32.2. The maximum atomic E-state index is 12.9. The van der Waals surface area contributed by atoms with Crippen molar-refractivity contribution in [1.82, 2.24) is 10.2 Å². The number of carbonyl (C=O) groups is 2. The third kappa shape index (κ3) is 6.08. The molecule has 9 heteroatoms. The van der Waals surface area contributed by atoms with Crippen LogP contribution in [0.3, 0.4) is 0 Å². The maximum absolute atomic E-state index is 12.9. The molecule has 144 valence electrons. The Labute approximate surface area is 175 Å². The first-order valence-electron chi connectivity index (χ1n) is 8.38. The molecule has 2 aromatic carbocycles. The lowest BCUT2D eigenvalue weighted by Crippen LogP contribution is -2.31. The Morgan fingerprint density at radius 1 is 0.893 bits per heavy atom. The lowest BCUT2D eigenvalue weighted by molar-refractivity contribution is -0.116. The van der Waals surface area contributed by atoms with Crippen LogP contribution in [0.25, 0.3) is 0 Å². The number of thioether (sulfide) groups is 2. The number of nitrogens with two attached hydrogens (primary N) is 1. The standard InChI is InChI=1S/C19H18N4O2S3/c20-16(24)12-26-18-21-22-19(28-18)27-13-17(25)23(15-9-5-2-6-10-15)11-14-7-3-1-4-8-14/h1-10H,11-13H2,(H2,20,24). The average molecular weight is 431 g/mol. The first-order valence-corrected chi connectivity index (χ1v) is 11.2. The van der Waals surface area contributed by atoms with Crippen LogP contribution in [0.1, 0.15) is 5.56 Å². The van der Waals surface area contributed by atoms with Crippen LogP contribution in [0.4, 0.5) is 5.69 Å². The molecule has 3 rings (SSSR count). The van der Waals surface area contributed by atoms with Gasteiger partial charge in [0.15, 0.2) is 8.68 Å². The van der Waals surface area contributed by atoms with Crippen molar-refractivity contribution in [3.63, 3.8) is 0 Å². The molecule has 0 radical (unpaired) electrons. The summed E-state index contributed by atoms with van der Waals surface area (Å²) in [5.74, 6) is -0.000840. The predicted octanol–water partition coefficient (Wildman–Crippen LogP) is 3.44. The Morgan fingerprint density at radius 2 is 1.46 bits per heavy atom. The van der Waals surface area contributed by atoms with E-state index in [4.69, 9.17) is 5.73 Å². The fourth-order valence-corrected chi connectivity index (χ4v) is 4.98. The summed E-state index contributed by atoms with van der Waals surface area (Å²) in [7, 11) is 0. The van der Waals surface area contributed by atoms with Crippen molar-refractivity contribution in [2.75, 3.05) is 16.4 Å². The molecule has 1 aromatic heterocycles. The average Bonchev–Trinajstić information content (AvgIpc) is 3.18. The molecule has 2 N–H and O–H groups in total. The fourth-order valence-electron chi connectivity index (χ4n) is 2.35. The molecule has 0 saturated carbocycles. The molecule has 28 heavy (non-hydrogen) atoms. The van der Waals surface area contributed by atoms with E-state index in [0.717, 1.165) is 11.3 Å². The van der Waals surface area contributed by atoms with Gasteiger partial charge in [-0.15, -0.1) is 10.2 Å². The van der Waals surface area contributed by atoms with E-state index in [1.165, 1.54) is 34.9 Å². The number of benzene rings is 2. The van der Waals surface area contributed by atoms with E-state index in [0.29, 0.717) is 15.2 Å². The summed E-state index contributed by atoms with van der Waals surface area (Å²) in [5.41, 5.74) is 7.05. The van der Waals surface area contributed by atoms with Crippen LogP contribution in [0, 0.1) is 0 Å². The van der Waals surface area contributed by atoms with E-state index >= 15 is 0 Å². The van der Waals surface area contributed by atoms with Crippen molar-refractivity contribution in [3.8, 4) is 0 Å². The molecule has 0 aliphatic rings. The zero-order chi connectivity index (χ0) is 19.8. The molecule has 0 bridgehead atoms. The molecular weight excluding hydrogens is 412 g/mol. The van der Waals surface area contributed by atoms with Gasteiger partial charge >= 0.3 is 0 Å². The zero-order valence-corrected chi connectivity index (χ0v) is 17.3. The van der Waals surface area contributed by atoms with Crippen LogP contribution < -0.4 is 10.6 Å². The summed E-state index contributed by atoms with van der Waals surface area (Å²) >= 11 is 3.95. The number of hydrogen-bond acceptors (Lipinski definition) is 7. The minimum absolute atomic E-state index is 0.0124. The van der Waals surface area contributed by atoms with Crippen LogP contribution in [0.2, 0.25) is 0 Å². The Bertz CT molecular complexity index is 919. The van der Waals surface area contributed by atoms with Crippen LogP contribution in [0.5, 0.6) is 0 Å². The molecule has 0 fully saturated rings. The van der Waals surface area contributed by atoms with Crippen molar-refractivity contribution < 1.29 is 9.59 Å². The molecule has 0 saturated heterocycles. The first-order chi connectivity index (χ1) is 13.6. The van der Waals surface area contributed by atoms with Crippen molar-refractivity contribution in [2.24, 2.45) is 5.73 Å². The number of amides is 2. The third-order valence-electron chi connectivity index (χ3n) is 3.60. The molecule has 0 spiro atoms. The monoisotopic (exact) mass is 430 g/mol. The second kappa shape index (κ2) is 10.3. The summed E-state index contributed by atoms with van der Waals surface area (Å²) in [6, 6.07) is 19.5. The van der Waals surface area contributed by atoms with Gasteiger partial charge in [0.25, 0.3) is 0 Å². The minimum Gasteiger partial charge on any atom is -0.369 e. The summed E-state index contributed by atoms with van der Waals surface area (Å²) < 4.78 is 1.35. The van der Waals surface area contributed by atoms with Crippen LogP contribution >= 0.6 is 34.9 Å². The van der Waals surface area contributed by atoms with E-state index < -0.39 is 5.91 Å². The van der Waals surface area contributed by atoms with Crippen LogP contribution in [0.15, 0.2) is 69.3 Å². The van der Waals surface area contributed by atoms with Crippen LogP contribution in [-0.2, 0) is 16.1 Å². The van der Waals surface area contributed by atoms with E-state index in [1.54, 1.807) is 4.90 Å². The number of nitrogens with zero attached hydrogens (tertiary/aromatic N) is 3. The van der Waals surface area contributed by atoms with Crippen molar-refractivity contribution in [3.05, 3.63) is 66.2 Å². The van der Waals surface area contributed by atoms with E-state index in [9.17, 15) is 9.59 Å². The molecule has 3 aromatic rings. The van der Waals surface area contributed by atoms with E-state index in [-0.39, 0.29) is 17.4 Å². The van der Waals surface area contributed by atoms with E-state index in [2.05, 4.69) is 10.2 Å². The highest BCUT2D eigenvalue weighted by Crippen LogP contribution is 2.29. The van der Waals surface area contributed by atoms with Crippen molar-refractivity contribution in [2.45, 2.75) is 15.2 Å². The summed E-state index contributed by atoms with van der Waals surface area (Å²) in [5, 5.41) is 8.08. The Balaban J connectivity index is 1.65. The number of rotatable bonds is 9. The van der Waals surface area contributed by atoms with Gasteiger partial charge in [-0.2, -0.15) is 0 Å². The minimum atomic E-state index is -0.399. The van der Waals surface area contributed by atoms with Crippen LogP contribution in [-0.4, -0.2) is 33.5 Å². The summed E-state index contributed by atoms with van der Waals surface area (Å²) in [4.78, 5) is 25.6. The molecule has 0 aliphatic heterocycles. The lowest BCUT2D eigenvalue weighted by atomic mass is 10.2. The predicted molar refractivity (Wildman–Crippen MR) is 115 cm³/mol. The second-order valence-corrected chi connectivity index (χ2v) is 9.10. The molecule has 1 heterocycles. The molecule has 0 atom stereocenters. The number of para-hydroxylation sites is 1. The maximum Gasteiger partial charge on any atom is 0.237 e. The number of hydrogen-bond donors (Lipinski definition) is 1. The van der Waals surface area contributed by atoms with Gasteiger partial charge in [0.1, 0.15) is 0 Å². The number of anilines is 1. The molecule has 2 amide bonds. The Hall–Kier alpha value is -2.36. The Kier molecular flexibility index (Phi) is 7.46. The first kappa shape index (κ1) is 20.4. The smallest absolute Gasteiger partial charge is 0.237 e. The number of aromatic nitrogens is 2. The highest BCUT2D eigenvalue weighted by Gasteiger charge is 2.17. The molecule has 0 aliphatic carbocycles. The quantitative estimate of drug-likeness (QED) is 0.523. The number of primary amides is 1. The van der Waals surface area contributed by atoms with Gasteiger partial charge in [0, 0.05) is 5.69 Å². The zero-order valence-electron chi connectivity index (χ0n) is 14.9. The molecule has 6 nitrogen and oxygen atoms in total. The van der Waals surface area contributed by atoms with Gasteiger partial charge in [-0.05, 0) is 17.7 Å². The van der Waals surface area contributed by atoms with Gasteiger partial charge in [0.2, 0.25) is 11.8 Å². The normalized spacial score (nSPS) is 10.6. The van der Waals surface area contributed by atoms with Crippen molar-refractivity contribution in [1.29, 1.82) is 0 Å². The second-order valence-electron chi connectivity index (χ2n) is 5.68. The largest absolute Gasteiger partial charge is 0.369 e. The Morgan fingerprint density at radius 3 is 2.07 bits per heavy atom. The van der Waals surface area contributed by atoms with Gasteiger partial charge in [-0.3, -0.25) is 9.59 Å². The highest BCUT2D eigenvalue weighted by molar-refractivity contribution is 8.03. The topological polar surface area (TPSA) is 89.2 Å². The van der Waals surface area contributed by atoms with Gasteiger partial charge in [-0.1, -0.05) is 83.4 Å². The lowest BCUT2D eigenvalue weighted by Gasteiger charge is -2.22. The summed E-state index contributed by atoms with van der Waals surface area (Å²) in [6.07, 6.45) is 0. The van der Waals surface area contributed by atoms with Gasteiger partial charge in [-0.25, -0.2) is 0 Å². The van der Waals surface area contributed by atoms with E-state index in [1.807, 2.05) is 60.7 Å². The van der Waals surface area contributed by atoms with Gasteiger partial charge < -0.3 is 10.6 Å². The molecule has 0 unspecified atom stereocenters. The molecular formula is C19H18N4O2S3. The van der Waals surface area contributed by atoms with Crippen molar-refractivity contribution >= 4 is 52.4 Å². The van der Waals surface area contributed by atoms with Gasteiger partial charge in [0.05, 0.1) is 18.1 Å².